The van der Waals surface area contributed by atoms with Crippen LogP contribution in [0.2, 0.25) is 30.1 Å². The standard InChI is InChI=1S/C50H52Cl6N4O4/c1-47(2,3)29-17-25(18-30(45(29)61)48(4,5)6)41(57-59-43-33(53)21-27(51)22-34(43)54)39-15-13-37(63-39)38-14-16-40(64-38)42(58-60-44-35(55)23-28(52)24-36(44)56)26-19-31(49(7,8)9)46(62)32(20-26)50(10,11)12/h13-26,41-42H,1-12H3. The molecule has 0 spiro atoms. The highest BCUT2D eigenvalue weighted by atomic mass is 35.5. The molecule has 6 rings (SSSR count). The van der Waals surface area contributed by atoms with Crippen LogP contribution in [0.5, 0.6) is 0 Å². The van der Waals surface area contributed by atoms with Crippen LogP contribution in [0.1, 0.15) is 107 Å². The van der Waals surface area contributed by atoms with E-state index >= 15 is 0 Å². The summed E-state index contributed by atoms with van der Waals surface area (Å²) in [4.78, 5) is 28.0. The number of Topliss-reactive ketones (excluding diaryl/α,β-unsaturated/α-hetero) is 2. The van der Waals surface area contributed by atoms with Crippen LogP contribution in [-0.2, 0) is 9.59 Å². The van der Waals surface area contributed by atoms with Crippen LogP contribution in [0.3, 0.4) is 0 Å². The SMILES string of the molecule is CC(C)(C)C1=CC(C(N=Nc2c(Cl)cc(Cl)cc2Cl)c2ccc(-c3ccc(C(N=Nc4c(Cl)cc(Cl)cc4Cl)C4C=C(C(C)(C)C)C(=O)C(C(C)(C)C)=C4)o3)o2)C=C(C(C)(C)C)C1=O. The summed E-state index contributed by atoms with van der Waals surface area (Å²) in [5.74, 6) is 0.728. The van der Waals surface area contributed by atoms with Crippen LogP contribution >= 0.6 is 69.6 Å². The van der Waals surface area contributed by atoms with Gasteiger partial charge >= 0.3 is 0 Å². The minimum Gasteiger partial charge on any atom is -0.455 e. The number of azo groups is 2. The van der Waals surface area contributed by atoms with Crippen LogP contribution in [0.4, 0.5) is 11.4 Å². The second-order valence-corrected chi connectivity index (χ2v) is 22.8. The van der Waals surface area contributed by atoms with E-state index in [0.717, 1.165) is 0 Å². The third kappa shape index (κ3) is 10.9. The van der Waals surface area contributed by atoms with Crippen LogP contribution in [-0.4, -0.2) is 11.6 Å². The highest BCUT2D eigenvalue weighted by Gasteiger charge is 2.40. The second-order valence-electron chi connectivity index (χ2n) is 20.3. The minimum absolute atomic E-state index is 0.0115. The lowest BCUT2D eigenvalue weighted by molar-refractivity contribution is -0.115. The number of carbonyl (C=O) groups is 2. The fourth-order valence-electron chi connectivity index (χ4n) is 7.62. The van der Waals surface area contributed by atoms with Gasteiger partial charge in [-0.2, -0.15) is 20.5 Å². The van der Waals surface area contributed by atoms with E-state index in [-0.39, 0.29) is 43.0 Å². The zero-order chi connectivity index (χ0) is 47.4. The smallest absolute Gasteiger partial charge is 0.185 e. The van der Waals surface area contributed by atoms with Crippen molar-refractivity contribution in [2.75, 3.05) is 0 Å². The molecule has 0 saturated heterocycles. The van der Waals surface area contributed by atoms with E-state index in [1.807, 2.05) is 120 Å². The number of benzene rings is 2. The average molecular weight is 986 g/mol. The molecule has 0 fully saturated rings. The van der Waals surface area contributed by atoms with E-state index in [0.29, 0.717) is 55.4 Å². The molecule has 4 aromatic rings. The number of nitrogens with zero attached hydrogens (tertiary/aromatic N) is 4. The van der Waals surface area contributed by atoms with Crippen LogP contribution < -0.4 is 0 Å². The predicted octanol–water partition coefficient (Wildman–Crippen LogP) is 18.4. The molecule has 0 saturated carbocycles. The Morgan fingerprint density at radius 3 is 0.969 bits per heavy atom. The number of rotatable bonds is 9. The summed E-state index contributed by atoms with van der Waals surface area (Å²) >= 11 is 38.7. The topological polar surface area (TPSA) is 110 Å². The number of ketones is 2. The maximum absolute atomic E-state index is 14.0. The van der Waals surface area contributed by atoms with Gasteiger partial charge in [-0.1, -0.05) is 177 Å². The highest BCUT2D eigenvalue weighted by Crippen LogP contribution is 2.48. The van der Waals surface area contributed by atoms with Gasteiger partial charge in [0.1, 0.15) is 35.0 Å². The highest BCUT2D eigenvalue weighted by molar-refractivity contribution is 6.42. The fourth-order valence-corrected chi connectivity index (χ4v) is 9.41. The normalized spacial score (nSPS) is 17.3. The van der Waals surface area contributed by atoms with Crippen molar-refractivity contribution < 1.29 is 18.4 Å². The fraction of sp³-hybridized carbons (Fsp3) is 0.400. The summed E-state index contributed by atoms with van der Waals surface area (Å²) in [6.45, 7) is 24.2. The molecule has 64 heavy (non-hydrogen) atoms. The Bertz CT molecular complexity index is 2390. The van der Waals surface area contributed by atoms with Crippen molar-refractivity contribution in [3.05, 3.63) is 137 Å². The van der Waals surface area contributed by atoms with Crippen molar-refractivity contribution >= 4 is 92.5 Å². The van der Waals surface area contributed by atoms with Gasteiger partial charge in [0.2, 0.25) is 0 Å². The first kappa shape index (κ1) is 49.7. The first-order valence-electron chi connectivity index (χ1n) is 20.8. The van der Waals surface area contributed by atoms with E-state index in [2.05, 4.69) is 10.2 Å². The Kier molecular flexibility index (Phi) is 14.4. The number of furan rings is 2. The zero-order valence-electron chi connectivity index (χ0n) is 37.9. The van der Waals surface area contributed by atoms with E-state index in [4.69, 9.17) is 88.7 Å². The lowest BCUT2D eigenvalue weighted by Crippen LogP contribution is -2.30. The van der Waals surface area contributed by atoms with Crippen molar-refractivity contribution in [1.82, 2.24) is 0 Å². The number of allylic oxidation sites excluding steroid dienone is 4. The predicted molar refractivity (Wildman–Crippen MR) is 261 cm³/mol. The molecular formula is C50H52Cl6N4O4. The van der Waals surface area contributed by atoms with Gasteiger partial charge in [0.05, 0.1) is 20.1 Å². The van der Waals surface area contributed by atoms with Gasteiger partial charge in [0.25, 0.3) is 0 Å². The van der Waals surface area contributed by atoms with Crippen molar-refractivity contribution in [3.8, 4) is 11.5 Å². The van der Waals surface area contributed by atoms with Gasteiger partial charge in [0, 0.05) is 44.2 Å². The molecule has 2 aromatic heterocycles. The van der Waals surface area contributed by atoms with Gasteiger partial charge in [0.15, 0.2) is 23.1 Å². The minimum atomic E-state index is -0.772. The average Bonchev–Trinajstić information content (AvgIpc) is 3.83. The van der Waals surface area contributed by atoms with Gasteiger partial charge in [-0.15, -0.1) is 0 Å². The van der Waals surface area contributed by atoms with E-state index in [1.54, 1.807) is 36.4 Å². The summed E-state index contributed by atoms with van der Waals surface area (Å²) in [6, 6.07) is 11.8. The molecule has 2 aliphatic rings. The number of hydrogen-bond donors (Lipinski definition) is 0. The number of halogens is 6. The molecular weight excluding hydrogens is 933 g/mol. The van der Waals surface area contributed by atoms with Crippen LogP contribution in [0, 0.1) is 33.5 Å². The van der Waals surface area contributed by atoms with Crippen molar-refractivity contribution in [3.63, 3.8) is 0 Å². The maximum atomic E-state index is 14.0. The van der Waals surface area contributed by atoms with Crippen LogP contribution in [0.15, 0.2) is 124 Å². The quantitative estimate of drug-likeness (QED) is 0.156. The number of carbonyl (C=O) groups excluding carboxylic acids is 2. The molecule has 14 heteroatoms. The summed E-state index contributed by atoms with van der Waals surface area (Å²) < 4.78 is 13.2. The molecule has 2 aliphatic carbocycles. The summed E-state index contributed by atoms with van der Waals surface area (Å²) in [5.41, 5.74) is 1.23. The molecule has 0 radical (unpaired) electrons. The molecule has 0 aliphatic heterocycles. The Morgan fingerprint density at radius 2 is 0.719 bits per heavy atom. The molecule has 338 valence electrons. The Hall–Kier alpha value is -3.76. The molecule has 2 unspecified atom stereocenters. The van der Waals surface area contributed by atoms with Gasteiger partial charge in [-0.3, -0.25) is 9.59 Å². The van der Waals surface area contributed by atoms with Gasteiger partial charge in [-0.25, -0.2) is 0 Å². The van der Waals surface area contributed by atoms with Crippen molar-refractivity contribution in [2.45, 2.75) is 95.2 Å². The van der Waals surface area contributed by atoms with Crippen molar-refractivity contribution in [1.29, 1.82) is 0 Å². The molecule has 0 amide bonds. The van der Waals surface area contributed by atoms with Gasteiger partial charge in [-0.05, 0) is 70.2 Å². The third-order valence-corrected chi connectivity index (χ3v) is 12.6. The third-order valence-electron chi connectivity index (χ3n) is 11.0. The molecule has 0 bridgehead atoms. The molecule has 2 atom stereocenters. The van der Waals surface area contributed by atoms with Crippen LogP contribution in [0.25, 0.3) is 11.5 Å². The zero-order valence-corrected chi connectivity index (χ0v) is 42.5. The second kappa shape index (κ2) is 18.5. The molecule has 0 N–H and O–H groups in total. The first-order chi connectivity index (χ1) is 29.5. The molecule has 2 aromatic carbocycles. The largest absolute Gasteiger partial charge is 0.455 e. The van der Waals surface area contributed by atoms with Gasteiger partial charge < -0.3 is 8.83 Å². The monoisotopic (exact) mass is 982 g/mol. The van der Waals surface area contributed by atoms with E-state index in [9.17, 15) is 9.59 Å². The molecule has 2 heterocycles. The summed E-state index contributed by atoms with van der Waals surface area (Å²) in [7, 11) is 0. The van der Waals surface area contributed by atoms with E-state index in [1.165, 1.54) is 0 Å². The Labute approximate surface area is 405 Å². The maximum Gasteiger partial charge on any atom is 0.185 e. The first-order valence-corrected chi connectivity index (χ1v) is 23.1. The number of hydrogen-bond acceptors (Lipinski definition) is 8. The lowest BCUT2D eigenvalue weighted by atomic mass is 9.70. The summed E-state index contributed by atoms with van der Waals surface area (Å²) in [6.07, 6.45) is 7.79. The van der Waals surface area contributed by atoms with E-state index < -0.39 is 45.6 Å². The summed E-state index contributed by atoms with van der Waals surface area (Å²) in [5, 5.41) is 20.4. The molecule has 8 nitrogen and oxygen atoms in total. The Morgan fingerprint density at radius 1 is 0.453 bits per heavy atom. The Balaban J connectivity index is 1.49. The lowest BCUT2D eigenvalue weighted by Gasteiger charge is -2.34. The van der Waals surface area contributed by atoms with Crippen molar-refractivity contribution in [2.24, 2.45) is 54.0 Å².